The van der Waals surface area contributed by atoms with Gasteiger partial charge in [0.05, 0.1) is 0 Å². The maximum atomic E-state index is 3.81. The monoisotopic (exact) mass is 280 g/mol. The molecule has 0 bridgehead atoms. The third-order valence-corrected chi connectivity index (χ3v) is 5.15. The lowest BCUT2D eigenvalue weighted by molar-refractivity contribution is 0.0798. The van der Waals surface area contributed by atoms with E-state index in [1.54, 1.807) is 0 Å². The van der Waals surface area contributed by atoms with E-state index in [1.807, 2.05) is 6.08 Å². The molecule has 0 aliphatic carbocycles. The van der Waals surface area contributed by atoms with Gasteiger partial charge in [0, 0.05) is 11.6 Å². The second-order valence-electron chi connectivity index (χ2n) is 6.44. The first-order valence-electron chi connectivity index (χ1n) is 8.78. The Morgan fingerprint density at radius 2 is 1.90 bits per heavy atom. The Hall–Kier alpha value is -0.340. The maximum Gasteiger partial charge on any atom is 0.0331 e. The van der Waals surface area contributed by atoms with Gasteiger partial charge in [-0.15, -0.1) is 6.58 Å². The molecular weight excluding hydrogens is 244 g/mol. The molecule has 118 valence electrons. The molecule has 0 aromatic heterocycles. The van der Waals surface area contributed by atoms with Gasteiger partial charge >= 0.3 is 0 Å². The Balaban J connectivity index is 2.53. The zero-order valence-electron chi connectivity index (χ0n) is 14.1. The van der Waals surface area contributed by atoms with Crippen LogP contribution in [0.3, 0.4) is 0 Å². The van der Waals surface area contributed by atoms with Crippen LogP contribution in [0.15, 0.2) is 12.7 Å². The fraction of sp³-hybridized carbons (Fsp3) is 0.889. The summed E-state index contributed by atoms with van der Waals surface area (Å²) < 4.78 is 0. The van der Waals surface area contributed by atoms with Crippen molar-refractivity contribution in [2.24, 2.45) is 0 Å². The van der Waals surface area contributed by atoms with E-state index in [4.69, 9.17) is 0 Å². The molecule has 1 saturated heterocycles. The topological polar surface area (TPSA) is 15.3 Å². The Bertz CT molecular complexity index is 258. The van der Waals surface area contributed by atoms with Gasteiger partial charge in [0.1, 0.15) is 0 Å². The van der Waals surface area contributed by atoms with Gasteiger partial charge in [0.2, 0.25) is 0 Å². The first-order valence-corrected chi connectivity index (χ1v) is 8.78. The molecule has 2 heteroatoms. The van der Waals surface area contributed by atoms with Crippen LogP contribution in [0, 0.1) is 0 Å². The minimum atomic E-state index is 0.338. The summed E-state index contributed by atoms with van der Waals surface area (Å²) in [6.45, 7) is 14.6. The summed E-state index contributed by atoms with van der Waals surface area (Å²) in [4.78, 5) is 2.74. The molecule has 1 fully saturated rings. The van der Waals surface area contributed by atoms with Crippen molar-refractivity contribution in [2.45, 2.75) is 83.7 Å². The van der Waals surface area contributed by atoms with Gasteiger partial charge in [0.25, 0.3) is 0 Å². The molecule has 2 atom stereocenters. The molecule has 1 N–H and O–H groups in total. The van der Waals surface area contributed by atoms with Crippen LogP contribution in [-0.2, 0) is 0 Å². The number of likely N-dealkylation sites (tertiary alicyclic amines) is 1. The zero-order chi connectivity index (χ0) is 14.8. The maximum absolute atomic E-state index is 3.81. The van der Waals surface area contributed by atoms with E-state index in [9.17, 15) is 0 Å². The zero-order valence-corrected chi connectivity index (χ0v) is 14.1. The van der Waals surface area contributed by atoms with Gasteiger partial charge in [-0.2, -0.15) is 0 Å². The summed E-state index contributed by atoms with van der Waals surface area (Å²) in [6, 6.07) is 0.638. The fourth-order valence-corrected chi connectivity index (χ4v) is 3.61. The highest BCUT2D eigenvalue weighted by molar-refractivity contribution is 4.97. The van der Waals surface area contributed by atoms with E-state index in [2.05, 4.69) is 37.6 Å². The van der Waals surface area contributed by atoms with Gasteiger partial charge in [-0.1, -0.05) is 32.8 Å². The predicted octanol–water partition coefficient (Wildman–Crippen LogP) is 4.37. The molecule has 0 radical (unpaired) electrons. The second kappa shape index (κ2) is 9.57. The molecule has 0 aromatic rings. The molecule has 2 nitrogen and oxygen atoms in total. The lowest BCUT2D eigenvalue weighted by Crippen LogP contribution is -2.58. The van der Waals surface area contributed by atoms with Gasteiger partial charge < -0.3 is 5.32 Å². The van der Waals surface area contributed by atoms with E-state index >= 15 is 0 Å². The number of allylic oxidation sites excluding steroid dienone is 1. The lowest BCUT2D eigenvalue weighted by Gasteiger charge is -2.45. The lowest BCUT2D eigenvalue weighted by atomic mass is 9.84. The van der Waals surface area contributed by atoms with E-state index in [1.165, 1.54) is 64.5 Å². The Labute approximate surface area is 127 Å². The highest BCUT2D eigenvalue weighted by Gasteiger charge is 2.38. The summed E-state index contributed by atoms with van der Waals surface area (Å²) in [5.41, 5.74) is 0.338. The third-order valence-electron chi connectivity index (χ3n) is 5.15. The summed E-state index contributed by atoms with van der Waals surface area (Å²) in [5, 5.41) is 3.78. The van der Waals surface area contributed by atoms with E-state index in [0.29, 0.717) is 11.6 Å². The van der Waals surface area contributed by atoms with Crippen LogP contribution in [-0.4, -0.2) is 36.1 Å². The first kappa shape index (κ1) is 17.7. The fourth-order valence-electron chi connectivity index (χ4n) is 3.61. The normalized spacial score (nSPS) is 20.8. The Morgan fingerprint density at radius 3 is 2.45 bits per heavy atom. The van der Waals surface area contributed by atoms with Gasteiger partial charge in [-0.25, -0.2) is 0 Å². The first-order chi connectivity index (χ1) is 9.69. The molecule has 0 saturated carbocycles. The molecule has 1 heterocycles. The molecule has 2 unspecified atom stereocenters. The Morgan fingerprint density at radius 1 is 1.20 bits per heavy atom. The number of nitrogens with one attached hydrogen (secondary N) is 1. The van der Waals surface area contributed by atoms with E-state index < -0.39 is 0 Å². The van der Waals surface area contributed by atoms with E-state index in [-0.39, 0.29) is 0 Å². The summed E-state index contributed by atoms with van der Waals surface area (Å²) >= 11 is 0. The molecule has 0 amide bonds. The van der Waals surface area contributed by atoms with E-state index in [0.717, 1.165) is 6.54 Å². The molecular formula is C18H36N2. The van der Waals surface area contributed by atoms with Crippen molar-refractivity contribution in [1.82, 2.24) is 10.2 Å². The van der Waals surface area contributed by atoms with Gasteiger partial charge in [-0.3, -0.25) is 4.90 Å². The van der Waals surface area contributed by atoms with Crippen LogP contribution in [0.1, 0.15) is 72.1 Å². The van der Waals surface area contributed by atoms with Crippen LogP contribution in [0.4, 0.5) is 0 Å². The minimum Gasteiger partial charge on any atom is -0.312 e. The van der Waals surface area contributed by atoms with Crippen LogP contribution >= 0.6 is 0 Å². The minimum absolute atomic E-state index is 0.338. The van der Waals surface area contributed by atoms with Crippen molar-refractivity contribution in [3.8, 4) is 0 Å². The molecule has 1 aliphatic heterocycles. The SMILES string of the molecule is C=CCCCCCC(NCC)C(C)(CC)N1CCCC1. The molecule has 1 rings (SSSR count). The molecule has 20 heavy (non-hydrogen) atoms. The third kappa shape index (κ3) is 4.89. The number of nitrogens with zero attached hydrogens (tertiary/aromatic N) is 1. The largest absolute Gasteiger partial charge is 0.312 e. The van der Waals surface area contributed by atoms with Crippen LogP contribution in [0.5, 0.6) is 0 Å². The Kier molecular flexibility index (Phi) is 8.47. The average molecular weight is 280 g/mol. The van der Waals surface area contributed by atoms with Crippen molar-refractivity contribution in [2.75, 3.05) is 19.6 Å². The smallest absolute Gasteiger partial charge is 0.0331 e. The van der Waals surface area contributed by atoms with Crippen LogP contribution < -0.4 is 5.32 Å². The van der Waals surface area contributed by atoms with Gasteiger partial charge in [-0.05, 0) is 65.1 Å². The van der Waals surface area contributed by atoms with Crippen LogP contribution in [0.2, 0.25) is 0 Å². The highest BCUT2D eigenvalue weighted by atomic mass is 15.2. The van der Waals surface area contributed by atoms with Gasteiger partial charge in [0.15, 0.2) is 0 Å². The van der Waals surface area contributed by atoms with Crippen molar-refractivity contribution >= 4 is 0 Å². The number of hydrogen-bond donors (Lipinski definition) is 1. The summed E-state index contributed by atoms with van der Waals surface area (Å²) in [5.74, 6) is 0. The number of hydrogen-bond acceptors (Lipinski definition) is 2. The summed E-state index contributed by atoms with van der Waals surface area (Å²) in [7, 11) is 0. The second-order valence-corrected chi connectivity index (χ2v) is 6.44. The highest BCUT2D eigenvalue weighted by Crippen LogP contribution is 2.30. The van der Waals surface area contributed by atoms with Crippen molar-refractivity contribution in [3.63, 3.8) is 0 Å². The standard InChI is InChI=1S/C18H36N2/c1-5-8-9-10-11-14-17(19-7-3)18(4,6-2)20-15-12-13-16-20/h5,17,19H,1,6-16H2,2-4H3. The molecule has 0 aromatic carbocycles. The average Bonchev–Trinajstić information content (AvgIpc) is 3.00. The number of likely N-dealkylation sites (N-methyl/N-ethyl adjacent to an activating group) is 1. The quantitative estimate of drug-likeness (QED) is 0.447. The van der Waals surface area contributed by atoms with Crippen molar-refractivity contribution < 1.29 is 0 Å². The molecule has 0 spiro atoms. The molecule has 1 aliphatic rings. The van der Waals surface area contributed by atoms with Crippen molar-refractivity contribution in [3.05, 3.63) is 12.7 Å². The van der Waals surface area contributed by atoms with Crippen LogP contribution in [0.25, 0.3) is 0 Å². The number of rotatable bonds is 11. The predicted molar refractivity (Wildman–Crippen MR) is 90.2 cm³/mol. The summed E-state index contributed by atoms with van der Waals surface area (Å²) in [6.07, 6.45) is 12.5. The number of unbranched alkanes of at least 4 members (excludes halogenated alkanes) is 3. The van der Waals surface area contributed by atoms with Crippen molar-refractivity contribution in [1.29, 1.82) is 0 Å².